The number of rotatable bonds is 5. The normalized spacial score (nSPS) is 18.3. The van der Waals surface area contributed by atoms with Crippen molar-refractivity contribution in [2.45, 2.75) is 32.4 Å². The molecule has 2 heterocycles. The van der Waals surface area contributed by atoms with Gasteiger partial charge in [-0.1, -0.05) is 18.5 Å². The van der Waals surface area contributed by atoms with Crippen molar-refractivity contribution in [3.63, 3.8) is 0 Å². The largest absolute Gasteiger partial charge is 0.423 e. The first kappa shape index (κ1) is 21.5. The number of hydrogen-bond acceptors (Lipinski definition) is 6. The number of nitro benzene ring substituents is 1. The van der Waals surface area contributed by atoms with Crippen LogP contribution in [0.1, 0.15) is 30.5 Å². The lowest BCUT2D eigenvalue weighted by Crippen LogP contribution is -2.40. The Morgan fingerprint density at radius 2 is 1.81 bits per heavy atom. The zero-order valence-corrected chi connectivity index (χ0v) is 17.9. The number of carbonyl (C=O) groups excluding carboxylic acids is 2. The lowest BCUT2D eigenvalue weighted by molar-refractivity contribution is -0.384. The Morgan fingerprint density at radius 1 is 1.12 bits per heavy atom. The van der Waals surface area contributed by atoms with E-state index in [1.165, 1.54) is 37.3 Å². The summed E-state index contributed by atoms with van der Waals surface area (Å²) in [6.07, 6.45) is 0.642. The highest BCUT2D eigenvalue weighted by Crippen LogP contribution is 2.32. The van der Waals surface area contributed by atoms with Gasteiger partial charge >= 0.3 is 11.7 Å². The van der Waals surface area contributed by atoms with E-state index in [4.69, 9.17) is 16.0 Å². The summed E-state index contributed by atoms with van der Waals surface area (Å²) in [4.78, 5) is 49.4. The van der Waals surface area contributed by atoms with Crippen molar-refractivity contribution in [3.05, 3.63) is 84.7 Å². The summed E-state index contributed by atoms with van der Waals surface area (Å²) in [5.74, 6) is -0.547. The second-order valence-electron chi connectivity index (χ2n) is 7.63. The van der Waals surface area contributed by atoms with Crippen LogP contribution in [0.4, 0.5) is 10.5 Å². The van der Waals surface area contributed by atoms with Crippen LogP contribution in [-0.2, 0) is 23.3 Å². The third-order valence-electron chi connectivity index (χ3n) is 5.64. The second-order valence-corrected chi connectivity index (χ2v) is 8.04. The molecule has 3 amide bonds. The highest BCUT2D eigenvalue weighted by atomic mass is 35.5. The van der Waals surface area contributed by atoms with Gasteiger partial charge in [0.25, 0.3) is 11.6 Å². The van der Waals surface area contributed by atoms with Gasteiger partial charge in [-0.3, -0.25) is 19.8 Å². The van der Waals surface area contributed by atoms with Crippen molar-refractivity contribution < 1.29 is 18.9 Å². The molecule has 0 spiro atoms. The molecule has 10 heteroatoms. The Morgan fingerprint density at radius 3 is 2.44 bits per heavy atom. The molecule has 0 saturated carbocycles. The first-order valence-electron chi connectivity index (χ1n) is 9.78. The van der Waals surface area contributed by atoms with Crippen molar-refractivity contribution in [2.75, 3.05) is 0 Å². The summed E-state index contributed by atoms with van der Waals surface area (Å²) < 4.78 is 5.29. The Hall–Kier alpha value is -3.72. The van der Waals surface area contributed by atoms with E-state index >= 15 is 0 Å². The minimum atomic E-state index is -1.41. The van der Waals surface area contributed by atoms with E-state index in [-0.39, 0.29) is 12.2 Å². The molecule has 1 aromatic heterocycles. The van der Waals surface area contributed by atoms with E-state index in [0.717, 1.165) is 10.5 Å². The number of amides is 3. The molecule has 0 radical (unpaired) electrons. The monoisotopic (exact) mass is 455 g/mol. The summed E-state index contributed by atoms with van der Waals surface area (Å²) in [6.45, 7) is 3.27. The zero-order chi connectivity index (χ0) is 23.2. The van der Waals surface area contributed by atoms with Gasteiger partial charge in [0.15, 0.2) is 0 Å². The topological polar surface area (TPSA) is 123 Å². The predicted octanol–water partition coefficient (Wildman–Crippen LogP) is 3.88. The number of aryl methyl sites for hydroxylation is 1. The second kappa shape index (κ2) is 7.76. The van der Waals surface area contributed by atoms with Gasteiger partial charge in [-0.25, -0.2) is 9.59 Å². The smallest absolute Gasteiger partial charge is 0.336 e. The number of non-ortho nitro benzene ring substituents is 1. The van der Waals surface area contributed by atoms with Crippen LogP contribution >= 0.6 is 11.6 Å². The quantitative estimate of drug-likeness (QED) is 0.269. The Kier molecular flexibility index (Phi) is 5.21. The van der Waals surface area contributed by atoms with E-state index in [0.29, 0.717) is 33.5 Å². The van der Waals surface area contributed by atoms with E-state index in [2.05, 4.69) is 5.32 Å². The number of halogens is 1. The molecule has 1 N–H and O–H groups in total. The fourth-order valence-corrected chi connectivity index (χ4v) is 4.11. The van der Waals surface area contributed by atoms with Gasteiger partial charge < -0.3 is 9.73 Å². The number of nitrogens with zero attached hydrogens (tertiary/aromatic N) is 2. The van der Waals surface area contributed by atoms with Crippen molar-refractivity contribution in [1.29, 1.82) is 0 Å². The van der Waals surface area contributed by atoms with Crippen molar-refractivity contribution in [2.24, 2.45) is 0 Å². The highest BCUT2D eigenvalue weighted by Gasteiger charge is 2.49. The molecule has 32 heavy (non-hydrogen) atoms. The molecule has 1 atom stereocenters. The van der Waals surface area contributed by atoms with Crippen LogP contribution in [0, 0.1) is 10.1 Å². The molecule has 0 aliphatic carbocycles. The van der Waals surface area contributed by atoms with Gasteiger partial charge in [0.05, 0.1) is 11.5 Å². The number of nitrogens with one attached hydrogen (secondary N) is 1. The van der Waals surface area contributed by atoms with Gasteiger partial charge in [0, 0.05) is 28.6 Å². The van der Waals surface area contributed by atoms with E-state index in [1.54, 1.807) is 12.1 Å². The standard InChI is InChI=1S/C22H18ClN3O6/c1-3-12-8-18-16(10-17(12)23)13(9-19(27)32-18)11-25-20(28)22(2,24-21(25)29)14-4-6-15(7-5-14)26(30)31/h4-10H,3,11H2,1-2H3,(H,24,29). The third-order valence-corrected chi connectivity index (χ3v) is 5.99. The summed E-state index contributed by atoms with van der Waals surface area (Å²) in [6, 6.07) is 9.31. The molecule has 4 rings (SSSR count). The number of urea groups is 1. The lowest BCUT2D eigenvalue weighted by atomic mass is 9.92. The lowest BCUT2D eigenvalue weighted by Gasteiger charge is -2.22. The Balaban J connectivity index is 1.71. The molecule has 1 saturated heterocycles. The molecule has 2 aromatic carbocycles. The predicted molar refractivity (Wildman–Crippen MR) is 116 cm³/mol. The van der Waals surface area contributed by atoms with Crippen LogP contribution in [-0.4, -0.2) is 21.8 Å². The number of benzene rings is 2. The number of carbonyl (C=O) groups is 2. The maximum Gasteiger partial charge on any atom is 0.336 e. The molecule has 1 unspecified atom stereocenters. The van der Waals surface area contributed by atoms with E-state index < -0.39 is 28.0 Å². The summed E-state index contributed by atoms with van der Waals surface area (Å²) >= 11 is 6.32. The fraction of sp³-hybridized carbons (Fsp3) is 0.227. The van der Waals surface area contributed by atoms with E-state index in [9.17, 15) is 24.5 Å². The minimum absolute atomic E-state index is 0.128. The van der Waals surface area contributed by atoms with Crippen LogP contribution in [0.15, 0.2) is 51.7 Å². The first-order valence-corrected chi connectivity index (χ1v) is 10.2. The van der Waals surface area contributed by atoms with Crippen LogP contribution in [0.2, 0.25) is 5.02 Å². The maximum atomic E-state index is 13.2. The van der Waals surface area contributed by atoms with Gasteiger partial charge in [-0.2, -0.15) is 0 Å². The number of imide groups is 1. The minimum Gasteiger partial charge on any atom is -0.423 e. The summed E-state index contributed by atoms with van der Waals surface area (Å²) in [7, 11) is 0. The zero-order valence-electron chi connectivity index (χ0n) is 17.2. The van der Waals surface area contributed by atoms with Crippen LogP contribution in [0.3, 0.4) is 0 Å². The molecule has 1 aliphatic rings. The van der Waals surface area contributed by atoms with Gasteiger partial charge in [-0.15, -0.1) is 0 Å². The van der Waals surface area contributed by atoms with E-state index in [1.807, 2.05) is 6.92 Å². The Labute approximate surface area is 186 Å². The number of hydrogen-bond donors (Lipinski definition) is 1. The third kappa shape index (κ3) is 3.50. The molecule has 9 nitrogen and oxygen atoms in total. The van der Waals surface area contributed by atoms with Crippen molar-refractivity contribution in [1.82, 2.24) is 10.2 Å². The van der Waals surface area contributed by atoms with Gasteiger partial charge in [-0.05, 0) is 54.3 Å². The molecular formula is C22H18ClN3O6. The Bertz CT molecular complexity index is 1330. The average molecular weight is 456 g/mol. The van der Waals surface area contributed by atoms with Gasteiger partial charge in [0.2, 0.25) is 0 Å². The van der Waals surface area contributed by atoms with Gasteiger partial charge in [0.1, 0.15) is 11.1 Å². The van der Waals surface area contributed by atoms with Crippen molar-refractivity contribution >= 4 is 40.2 Å². The molecular weight excluding hydrogens is 438 g/mol. The summed E-state index contributed by atoms with van der Waals surface area (Å²) in [5.41, 5.74) is -0.207. The maximum absolute atomic E-state index is 13.2. The average Bonchev–Trinajstić information content (AvgIpc) is 2.97. The fourth-order valence-electron chi connectivity index (χ4n) is 3.81. The molecule has 0 bridgehead atoms. The summed E-state index contributed by atoms with van der Waals surface area (Å²) in [5, 5.41) is 14.6. The van der Waals surface area contributed by atoms with Crippen molar-refractivity contribution in [3.8, 4) is 0 Å². The first-order chi connectivity index (χ1) is 15.1. The highest BCUT2D eigenvalue weighted by molar-refractivity contribution is 6.32. The number of fused-ring (bicyclic) bond motifs is 1. The molecule has 1 aliphatic heterocycles. The molecule has 3 aromatic rings. The SMILES string of the molecule is CCc1cc2oc(=O)cc(CN3C(=O)NC(C)(c4ccc([N+](=O)[O-])cc4)C3=O)c2cc1Cl. The molecule has 1 fully saturated rings. The molecule has 164 valence electrons. The van der Waals surface area contributed by atoms with Crippen LogP contribution < -0.4 is 10.9 Å². The van der Waals surface area contributed by atoms with Crippen LogP contribution in [0.5, 0.6) is 0 Å². The number of nitro groups is 1. The van der Waals surface area contributed by atoms with Crippen LogP contribution in [0.25, 0.3) is 11.0 Å².